The lowest BCUT2D eigenvalue weighted by Gasteiger charge is -2.33. The van der Waals surface area contributed by atoms with Gasteiger partial charge >= 0.3 is 0 Å². The largest absolute Gasteiger partial charge is 0.344 e. The van der Waals surface area contributed by atoms with Gasteiger partial charge in [0.2, 0.25) is 0 Å². The molecular weight excluding hydrogens is 404 g/mol. The molecule has 1 fully saturated rings. The van der Waals surface area contributed by atoms with E-state index < -0.39 is 0 Å². The number of halogens is 1. The lowest BCUT2D eigenvalue weighted by atomic mass is 9.99. The molecule has 1 unspecified atom stereocenters. The third-order valence-corrected chi connectivity index (χ3v) is 6.36. The van der Waals surface area contributed by atoms with Crippen molar-refractivity contribution in [1.82, 2.24) is 15.6 Å². The third kappa shape index (κ3) is 4.56. The minimum Gasteiger partial charge on any atom is -0.344 e. The van der Waals surface area contributed by atoms with Crippen LogP contribution in [0.3, 0.4) is 0 Å². The van der Waals surface area contributed by atoms with Crippen LogP contribution < -0.4 is 10.6 Å². The molecule has 2 heterocycles. The Morgan fingerprint density at radius 3 is 2.31 bits per heavy atom. The molecule has 2 atom stereocenters. The quantitative estimate of drug-likeness (QED) is 0.357. The summed E-state index contributed by atoms with van der Waals surface area (Å²) in [5, 5.41) is 6.67. The van der Waals surface area contributed by atoms with Crippen LogP contribution in [0.15, 0.2) is 71.9 Å². The standard InChI is InChI=1S/C22H21ClN4OS/c1-14(22-25-13-18(29-22)21(28)27-17-12-24-20(17)23)26-19(15-8-4-2-5-9-15)16-10-6-3-7-11-16/h2-11,13,17,19-20,24H,12H2,1H3,(H,27,28)/t17?,20-/m0/s1. The van der Waals surface area contributed by atoms with Gasteiger partial charge in [0.05, 0.1) is 18.0 Å². The Bertz CT molecular complexity index is 966. The number of carbonyl (C=O) groups excluding carboxylic acids is 1. The highest BCUT2D eigenvalue weighted by atomic mass is 35.5. The van der Waals surface area contributed by atoms with Crippen molar-refractivity contribution in [3.05, 3.63) is 87.9 Å². The summed E-state index contributed by atoms with van der Waals surface area (Å²) in [6.07, 6.45) is 1.60. The summed E-state index contributed by atoms with van der Waals surface area (Å²) in [6.45, 7) is 2.62. The van der Waals surface area contributed by atoms with Crippen molar-refractivity contribution in [1.29, 1.82) is 0 Å². The van der Waals surface area contributed by atoms with Crippen molar-refractivity contribution in [2.24, 2.45) is 4.99 Å². The van der Waals surface area contributed by atoms with Crippen LogP contribution in [0.2, 0.25) is 0 Å². The second-order valence-corrected chi connectivity index (χ2v) is 8.36. The van der Waals surface area contributed by atoms with Gasteiger partial charge in [0.25, 0.3) is 5.91 Å². The number of nitrogens with one attached hydrogen (secondary N) is 2. The molecule has 2 N–H and O–H groups in total. The van der Waals surface area contributed by atoms with Crippen LogP contribution in [0.25, 0.3) is 0 Å². The first kappa shape index (κ1) is 19.8. The van der Waals surface area contributed by atoms with Gasteiger partial charge in [0.1, 0.15) is 21.4 Å². The Hall–Kier alpha value is -2.54. The minimum absolute atomic E-state index is 0.0509. The highest BCUT2D eigenvalue weighted by molar-refractivity contribution is 7.15. The van der Waals surface area contributed by atoms with Crippen LogP contribution >= 0.6 is 22.9 Å². The highest BCUT2D eigenvalue weighted by Crippen LogP contribution is 2.27. The van der Waals surface area contributed by atoms with E-state index in [4.69, 9.17) is 16.6 Å². The Morgan fingerprint density at radius 2 is 1.79 bits per heavy atom. The number of alkyl halides is 1. The zero-order valence-corrected chi connectivity index (χ0v) is 17.5. The van der Waals surface area contributed by atoms with Gasteiger partial charge in [0.15, 0.2) is 0 Å². The average molecular weight is 425 g/mol. The fraction of sp³-hybridized carbons (Fsp3) is 0.227. The van der Waals surface area contributed by atoms with Gasteiger partial charge in [-0.1, -0.05) is 60.7 Å². The Balaban J connectivity index is 1.57. The van der Waals surface area contributed by atoms with Gasteiger partial charge < -0.3 is 5.32 Å². The van der Waals surface area contributed by atoms with Gasteiger partial charge in [-0.05, 0) is 18.1 Å². The second-order valence-electron chi connectivity index (χ2n) is 6.86. The fourth-order valence-corrected chi connectivity index (χ4v) is 4.11. The van der Waals surface area contributed by atoms with E-state index in [-0.39, 0.29) is 23.5 Å². The normalized spacial score (nSPS) is 19.1. The first-order valence-corrected chi connectivity index (χ1v) is 10.7. The second kappa shape index (κ2) is 8.86. The summed E-state index contributed by atoms with van der Waals surface area (Å²) in [5.74, 6) is -0.152. The van der Waals surface area contributed by atoms with Crippen molar-refractivity contribution < 1.29 is 4.79 Å². The van der Waals surface area contributed by atoms with Crippen LogP contribution in [0, 0.1) is 0 Å². The molecule has 1 saturated heterocycles. The summed E-state index contributed by atoms with van der Waals surface area (Å²) in [7, 11) is 0. The van der Waals surface area contributed by atoms with Crippen LogP contribution in [-0.2, 0) is 0 Å². The number of aromatic nitrogens is 1. The maximum atomic E-state index is 12.4. The van der Waals surface area contributed by atoms with Crippen molar-refractivity contribution in [3.63, 3.8) is 0 Å². The molecule has 5 nitrogen and oxygen atoms in total. The number of hydrogen-bond donors (Lipinski definition) is 2. The summed E-state index contributed by atoms with van der Waals surface area (Å²) in [6, 6.07) is 20.2. The number of thiazole rings is 1. The van der Waals surface area contributed by atoms with Crippen molar-refractivity contribution in [2.45, 2.75) is 24.5 Å². The molecule has 1 amide bonds. The molecule has 0 bridgehead atoms. The molecule has 148 valence electrons. The average Bonchev–Trinajstić information content (AvgIpc) is 3.26. The van der Waals surface area contributed by atoms with Crippen LogP contribution in [0.4, 0.5) is 0 Å². The molecule has 29 heavy (non-hydrogen) atoms. The summed E-state index contributed by atoms with van der Waals surface area (Å²) in [5.41, 5.74) is 2.80. The van der Waals surface area contributed by atoms with E-state index in [9.17, 15) is 4.79 Å². The van der Waals surface area contributed by atoms with E-state index in [2.05, 4.69) is 39.9 Å². The number of aliphatic imine (C=N–C) groups is 1. The first-order valence-electron chi connectivity index (χ1n) is 9.40. The molecule has 2 aromatic carbocycles. The number of amides is 1. The molecule has 0 spiro atoms. The summed E-state index contributed by atoms with van der Waals surface area (Å²) >= 11 is 7.36. The molecule has 1 aliphatic rings. The number of hydrogen-bond acceptors (Lipinski definition) is 5. The topological polar surface area (TPSA) is 66.4 Å². The predicted molar refractivity (Wildman–Crippen MR) is 118 cm³/mol. The molecule has 4 rings (SSSR count). The van der Waals surface area contributed by atoms with Crippen molar-refractivity contribution in [3.8, 4) is 0 Å². The maximum Gasteiger partial charge on any atom is 0.263 e. The Morgan fingerprint density at radius 1 is 1.17 bits per heavy atom. The van der Waals surface area contributed by atoms with E-state index in [1.165, 1.54) is 11.3 Å². The van der Waals surface area contributed by atoms with E-state index in [1.54, 1.807) is 6.20 Å². The van der Waals surface area contributed by atoms with E-state index in [0.29, 0.717) is 11.4 Å². The number of benzene rings is 2. The molecule has 0 radical (unpaired) electrons. The summed E-state index contributed by atoms with van der Waals surface area (Å²) < 4.78 is 0. The summed E-state index contributed by atoms with van der Waals surface area (Å²) in [4.78, 5) is 22.4. The minimum atomic E-state index is -0.216. The third-order valence-electron chi connectivity index (χ3n) is 4.79. The molecule has 3 aromatic rings. The molecule has 7 heteroatoms. The molecule has 1 aliphatic heterocycles. The van der Waals surface area contributed by atoms with E-state index in [1.807, 2.05) is 43.3 Å². The number of nitrogens with zero attached hydrogens (tertiary/aromatic N) is 2. The first-order chi connectivity index (χ1) is 14.1. The zero-order chi connectivity index (χ0) is 20.2. The fourth-order valence-electron chi connectivity index (χ4n) is 3.10. The lowest BCUT2D eigenvalue weighted by Crippen LogP contribution is -2.62. The van der Waals surface area contributed by atoms with Gasteiger partial charge in [-0.25, -0.2) is 4.98 Å². The van der Waals surface area contributed by atoms with Crippen LogP contribution in [-0.4, -0.2) is 34.7 Å². The molecular formula is C22H21ClN4OS. The number of carbonyl (C=O) groups is 1. The molecule has 0 aliphatic carbocycles. The Labute approximate surface area is 178 Å². The van der Waals surface area contributed by atoms with Gasteiger partial charge in [-0.3, -0.25) is 15.1 Å². The maximum absolute atomic E-state index is 12.4. The molecule has 1 aromatic heterocycles. The smallest absolute Gasteiger partial charge is 0.263 e. The van der Waals surface area contributed by atoms with E-state index in [0.717, 1.165) is 21.8 Å². The van der Waals surface area contributed by atoms with Crippen LogP contribution in [0.1, 0.15) is 38.8 Å². The zero-order valence-electron chi connectivity index (χ0n) is 15.9. The lowest BCUT2D eigenvalue weighted by molar-refractivity contribution is 0.0922. The molecule has 0 saturated carbocycles. The van der Waals surface area contributed by atoms with Gasteiger partial charge in [-0.15, -0.1) is 22.9 Å². The monoisotopic (exact) mass is 424 g/mol. The van der Waals surface area contributed by atoms with Gasteiger partial charge in [0, 0.05) is 6.54 Å². The highest BCUT2D eigenvalue weighted by Gasteiger charge is 2.30. The van der Waals surface area contributed by atoms with Gasteiger partial charge in [-0.2, -0.15) is 0 Å². The van der Waals surface area contributed by atoms with Crippen molar-refractivity contribution in [2.75, 3.05) is 6.54 Å². The Kier molecular flexibility index (Phi) is 6.04. The van der Waals surface area contributed by atoms with E-state index >= 15 is 0 Å². The van der Waals surface area contributed by atoms with Crippen molar-refractivity contribution >= 4 is 34.6 Å². The SMILES string of the molecule is CC(=NC(c1ccccc1)c1ccccc1)c1ncc(C(=O)NC2CN[C@@H]2Cl)s1. The number of rotatable bonds is 6. The predicted octanol–water partition coefficient (Wildman–Crippen LogP) is 4.01. The van der Waals surface area contributed by atoms with Crippen LogP contribution in [0.5, 0.6) is 0 Å².